The van der Waals surface area contributed by atoms with Gasteiger partial charge in [-0.05, 0) is 18.2 Å². The Hall–Kier alpha value is -2.76. The van der Waals surface area contributed by atoms with Crippen molar-refractivity contribution in [1.29, 1.82) is 0 Å². The van der Waals surface area contributed by atoms with Gasteiger partial charge >= 0.3 is 12.1 Å². The van der Waals surface area contributed by atoms with Crippen LogP contribution in [0.1, 0.15) is 16.2 Å². The van der Waals surface area contributed by atoms with Crippen LogP contribution in [0, 0.1) is 0 Å². The molecule has 2 rings (SSSR count). The Morgan fingerprint density at radius 2 is 2.08 bits per heavy atom. The van der Waals surface area contributed by atoms with Gasteiger partial charge in [0.2, 0.25) is 11.1 Å². The van der Waals surface area contributed by atoms with E-state index in [4.69, 9.17) is 5.84 Å². The molecule has 134 valence electrons. The monoisotopic (exact) mass is 375 g/mol. The molecule has 0 aliphatic heterocycles. The number of nitrogens with two attached hydrogens (primary N) is 1. The second-order valence-electron chi connectivity index (χ2n) is 4.58. The van der Waals surface area contributed by atoms with E-state index in [-0.39, 0.29) is 21.1 Å². The van der Waals surface area contributed by atoms with Crippen LogP contribution in [0.15, 0.2) is 29.4 Å². The fourth-order valence-electron chi connectivity index (χ4n) is 1.74. The van der Waals surface area contributed by atoms with Gasteiger partial charge in [0.1, 0.15) is 0 Å². The zero-order chi connectivity index (χ0) is 18.6. The molecular weight excluding hydrogens is 363 g/mol. The standard InChI is InChI=1S/C13H12F3N5O3S/c1-24-10(23)7-3-2-4-8(5-7)18-9(22)6-25-12-20-19-11(21(12)17)13(14,15)16/h2-5H,6,17H2,1H3,(H,18,22). The molecule has 3 N–H and O–H groups in total. The van der Waals surface area contributed by atoms with Crippen LogP contribution in [-0.4, -0.2) is 39.6 Å². The molecule has 1 amide bonds. The number of benzene rings is 1. The maximum atomic E-state index is 12.6. The lowest BCUT2D eigenvalue weighted by molar-refractivity contribution is -0.146. The number of amides is 1. The lowest BCUT2D eigenvalue weighted by Gasteiger charge is -2.07. The zero-order valence-electron chi connectivity index (χ0n) is 12.7. The summed E-state index contributed by atoms with van der Waals surface area (Å²) in [6.07, 6.45) is -4.74. The van der Waals surface area contributed by atoms with Gasteiger partial charge in [-0.1, -0.05) is 17.8 Å². The number of anilines is 1. The molecule has 1 heterocycles. The molecule has 25 heavy (non-hydrogen) atoms. The minimum atomic E-state index is -4.74. The van der Waals surface area contributed by atoms with Crippen LogP contribution < -0.4 is 11.2 Å². The number of alkyl halides is 3. The van der Waals surface area contributed by atoms with E-state index < -0.39 is 23.9 Å². The predicted octanol–water partition coefficient (Wildman–Crippen LogP) is 1.53. The van der Waals surface area contributed by atoms with Gasteiger partial charge in [0.15, 0.2) is 0 Å². The van der Waals surface area contributed by atoms with E-state index in [2.05, 4.69) is 20.3 Å². The quantitative estimate of drug-likeness (QED) is 0.463. The molecule has 1 aromatic heterocycles. The number of nitrogens with one attached hydrogen (secondary N) is 1. The van der Waals surface area contributed by atoms with Gasteiger partial charge in [-0.25, -0.2) is 9.47 Å². The van der Waals surface area contributed by atoms with Crippen LogP contribution in [0.25, 0.3) is 0 Å². The van der Waals surface area contributed by atoms with E-state index in [0.29, 0.717) is 17.4 Å². The summed E-state index contributed by atoms with van der Waals surface area (Å²) in [5, 5.41) is 8.49. The van der Waals surface area contributed by atoms with Crippen LogP contribution in [0.3, 0.4) is 0 Å². The molecule has 0 unspecified atom stereocenters. The van der Waals surface area contributed by atoms with Crippen molar-refractivity contribution < 1.29 is 27.5 Å². The fraction of sp³-hybridized carbons (Fsp3) is 0.231. The summed E-state index contributed by atoms with van der Waals surface area (Å²) in [7, 11) is 1.22. The Kier molecular flexibility index (Phi) is 5.51. The van der Waals surface area contributed by atoms with Gasteiger partial charge in [-0.2, -0.15) is 13.2 Å². The Morgan fingerprint density at radius 1 is 1.36 bits per heavy atom. The van der Waals surface area contributed by atoms with Crippen molar-refractivity contribution in [2.24, 2.45) is 0 Å². The SMILES string of the molecule is COC(=O)c1cccc(NC(=O)CSc2nnc(C(F)(F)F)n2N)c1. The molecule has 1 aromatic carbocycles. The van der Waals surface area contributed by atoms with Crippen molar-refractivity contribution in [3.05, 3.63) is 35.7 Å². The Labute approximate surface area is 143 Å². The van der Waals surface area contributed by atoms with Crippen molar-refractivity contribution in [1.82, 2.24) is 14.9 Å². The Balaban J connectivity index is 1.98. The van der Waals surface area contributed by atoms with Gasteiger partial charge in [0.05, 0.1) is 18.4 Å². The summed E-state index contributed by atoms with van der Waals surface area (Å²) in [5.74, 6) is 2.56. The second kappa shape index (κ2) is 7.42. The number of carbonyl (C=O) groups excluding carboxylic acids is 2. The number of nitrogen functional groups attached to an aromatic ring is 1. The molecule has 0 bridgehead atoms. The summed E-state index contributed by atoms with van der Waals surface area (Å²) in [6.45, 7) is 0. The lowest BCUT2D eigenvalue weighted by Crippen LogP contribution is -2.22. The molecule has 0 saturated carbocycles. The average molecular weight is 375 g/mol. The minimum Gasteiger partial charge on any atom is -0.465 e. The topological polar surface area (TPSA) is 112 Å². The van der Waals surface area contributed by atoms with Crippen LogP contribution in [-0.2, 0) is 15.7 Å². The highest BCUT2D eigenvalue weighted by Gasteiger charge is 2.38. The molecule has 0 aliphatic carbocycles. The molecule has 0 aliphatic rings. The summed E-state index contributed by atoms with van der Waals surface area (Å²) < 4.78 is 42.5. The van der Waals surface area contributed by atoms with Crippen LogP contribution >= 0.6 is 11.8 Å². The number of hydrogen-bond donors (Lipinski definition) is 2. The molecule has 0 radical (unpaired) electrons. The van der Waals surface area contributed by atoms with Gasteiger partial charge in [0, 0.05) is 5.69 Å². The first-order chi connectivity index (χ1) is 11.7. The number of hydrogen-bond acceptors (Lipinski definition) is 7. The van der Waals surface area contributed by atoms with E-state index in [9.17, 15) is 22.8 Å². The zero-order valence-corrected chi connectivity index (χ0v) is 13.5. The maximum Gasteiger partial charge on any atom is 0.453 e. The highest BCUT2D eigenvalue weighted by Crippen LogP contribution is 2.28. The smallest absolute Gasteiger partial charge is 0.453 e. The van der Waals surface area contributed by atoms with Crippen LogP contribution in [0.2, 0.25) is 0 Å². The van der Waals surface area contributed by atoms with Gasteiger partial charge in [-0.15, -0.1) is 10.2 Å². The number of methoxy groups -OCH3 is 1. The summed E-state index contributed by atoms with van der Waals surface area (Å²) in [5.41, 5.74) is 0.572. The van der Waals surface area contributed by atoms with E-state index in [1.54, 1.807) is 12.1 Å². The second-order valence-corrected chi connectivity index (χ2v) is 5.53. The number of carbonyl (C=O) groups is 2. The molecule has 12 heteroatoms. The van der Waals surface area contributed by atoms with E-state index in [1.807, 2.05) is 0 Å². The summed E-state index contributed by atoms with van der Waals surface area (Å²) >= 11 is 0.687. The van der Waals surface area contributed by atoms with Crippen molar-refractivity contribution in [2.45, 2.75) is 11.3 Å². The van der Waals surface area contributed by atoms with E-state index in [1.165, 1.54) is 19.2 Å². The van der Waals surface area contributed by atoms with Crippen LogP contribution in [0.4, 0.5) is 18.9 Å². The average Bonchev–Trinajstić information content (AvgIpc) is 2.93. The van der Waals surface area contributed by atoms with Gasteiger partial charge < -0.3 is 15.9 Å². The third-order valence-corrected chi connectivity index (χ3v) is 3.76. The Morgan fingerprint density at radius 3 is 2.68 bits per heavy atom. The number of nitrogens with zero attached hydrogens (tertiary/aromatic N) is 3. The van der Waals surface area contributed by atoms with E-state index in [0.717, 1.165) is 0 Å². The first kappa shape index (κ1) is 18.6. The number of rotatable bonds is 5. The normalized spacial score (nSPS) is 11.2. The molecule has 0 fully saturated rings. The highest BCUT2D eigenvalue weighted by atomic mass is 32.2. The molecule has 8 nitrogen and oxygen atoms in total. The minimum absolute atomic E-state index is 0.240. The molecule has 0 saturated heterocycles. The molecule has 0 spiro atoms. The number of aromatic nitrogens is 3. The third-order valence-electron chi connectivity index (χ3n) is 2.82. The summed E-state index contributed by atoms with van der Waals surface area (Å²) in [6, 6.07) is 6.00. The molecule has 2 aromatic rings. The number of esters is 1. The number of ether oxygens (including phenoxy) is 1. The van der Waals surface area contributed by atoms with Crippen molar-refractivity contribution in [3.63, 3.8) is 0 Å². The van der Waals surface area contributed by atoms with Crippen LogP contribution in [0.5, 0.6) is 0 Å². The first-order valence-electron chi connectivity index (χ1n) is 6.61. The molecular formula is C13H12F3N5O3S. The highest BCUT2D eigenvalue weighted by molar-refractivity contribution is 7.99. The molecule has 0 atom stereocenters. The van der Waals surface area contributed by atoms with Gasteiger partial charge in [0.25, 0.3) is 5.82 Å². The maximum absolute atomic E-state index is 12.6. The van der Waals surface area contributed by atoms with Crippen molar-refractivity contribution in [2.75, 3.05) is 24.0 Å². The van der Waals surface area contributed by atoms with Crippen molar-refractivity contribution >= 4 is 29.3 Å². The lowest BCUT2D eigenvalue weighted by atomic mass is 10.2. The van der Waals surface area contributed by atoms with Crippen molar-refractivity contribution in [3.8, 4) is 0 Å². The Bertz CT molecular complexity index is 793. The third kappa shape index (κ3) is 4.62. The fourth-order valence-corrected chi connectivity index (χ4v) is 2.39. The summed E-state index contributed by atoms with van der Waals surface area (Å²) in [4.78, 5) is 23.3. The number of thioether (sulfide) groups is 1. The van der Waals surface area contributed by atoms with E-state index >= 15 is 0 Å². The largest absolute Gasteiger partial charge is 0.465 e. The first-order valence-corrected chi connectivity index (χ1v) is 7.59. The number of halogens is 3. The predicted molar refractivity (Wildman–Crippen MR) is 82.3 cm³/mol. The van der Waals surface area contributed by atoms with Gasteiger partial charge in [-0.3, -0.25) is 4.79 Å².